The van der Waals surface area contributed by atoms with E-state index in [9.17, 15) is 19.2 Å². The molecular weight excluding hydrogens is 410 g/mol. The number of carbonyl (C=O) groups excluding carboxylic acids is 4. The van der Waals surface area contributed by atoms with Gasteiger partial charge in [-0.05, 0) is 15.9 Å². The van der Waals surface area contributed by atoms with Crippen LogP contribution in [0.1, 0.15) is 51.6 Å². The highest BCUT2D eigenvalue weighted by molar-refractivity contribution is 9.12. The van der Waals surface area contributed by atoms with E-state index in [4.69, 9.17) is 15.2 Å². The van der Waals surface area contributed by atoms with Gasteiger partial charge in [0, 0.05) is 32.5 Å². The van der Waals surface area contributed by atoms with Crippen LogP contribution in [-0.2, 0) is 27.4 Å². The standard InChI is InChI=1S/C16H16BrN3O6/c1-6(21)26-8-3-4-20-12(8)7(5-25-16(24)19-2)9-13(20)15(23)10(17)11(18)14(9)22/h8H,3-5,18H2,1-2H3,(H,19,24). The van der Waals surface area contributed by atoms with Gasteiger partial charge in [-0.1, -0.05) is 0 Å². The Morgan fingerprint density at radius 2 is 2.04 bits per heavy atom. The number of fused-ring (bicyclic) bond motifs is 3. The van der Waals surface area contributed by atoms with Crippen molar-refractivity contribution in [2.75, 3.05) is 7.05 Å². The van der Waals surface area contributed by atoms with E-state index in [0.717, 1.165) is 0 Å². The number of hydrogen-bond acceptors (Lipinski definition) is 7. The van der Waals surface area contributed by atoms with Gasteiger partial charge in [0.2, 0.25) is 11.6 Å². The van der Waals surface area contributed by atoms with Crippen molar-refractivity contribution in [1.82, 2.24) is 9.88 Å². The first-order valence-electron chi connectivity index (χ1n) is 7.79. The Balaban J connectivity index is 2.17. The monoisotopic (exact) mass is 425 g/mol. The molecule has 0 saturated carbocycles. The molecule has 1 aromatic rings. The van der Waals surface area contributed by atoms with E-state index in [2.05, 4.69) is 21.2 Å². The zero-order valence-electron chi connectivity index (χ0n) is 14.1. The normalized spacial score (nSPS) is 18.5. The third-order valence-electron chi connectivity index (χ3n) is 4.31. The number of nitrogens with two attached hydrogens (primary N) is 1. The number of alkyl carbamates (subject to hydrolysis) is 1. The van der Waals surface area contributed by atoms with Crippen molar-refractivity contribution in [3.63, 3.8) is 0 Å². The summed E-state index contributed by atoms with van der Waals surface area (Å²) < 4.78 is 12.0. The van der Waals surface area contributed by atoms with E-state index in [0.29, 0.717) is 24.2 Å². The molecule has 0 saturated heterocycles. The first-order valence-corrected chi connectivity index (χ1v) is 8.58. The van der Waals surface area contributed by atoms with Gasteiger partial charge in [-0.3, -0.25) is 14.4 Å². The second kappa shape index (κ2) is 6.60. The third-order valence-corrected chi connectivity index (χ3v) is 5.10. The maximum atomic E-state index is 12.7. The number of ether oxygens (including phenoxy) is 2. The smallest absolute Gasteiger partial charge is 0.407 e. The summed E-state index contributed by atoms with van der Waals surface area (Å²) in [5.74, 6) is -1.46. The third kappa shape index (κ3) is 2.70. The van der Waals surface area contributed by atoms with E-state index in [-0.39, 0.29) is 28.0 Å². The van der Waals surface area contributed by atoms with E-state index in [1.807, 2.05) is 0 Å². The first-order chi connectivity index (χ1) is 12.3. The van der Waals surface area contributed by atoms with Crippen molar-refractivity contribution in [3.05, 3.63) is 32.7 Å². The Morgan fingerprint density at radius 1 is 1.35 bits per heavy atom. The molecule has 138 valence electrons. The summed E-state index contributed by atoms with van der Waals surface area (Å²) >= 11 is 3.07. The Hall–Kier alpha value is -2.62. The number of aromatic nitrogens is 1. The summed E-state index contributed by atoms with van der Waals surface area (Å²) in [5, 5.41) is 2.31. The number of nitrogens with zero attached hydrogens (tertiary/aromatic N) is 1. The Labute approximate surface area is 156 Å². The molecule has 1 atom stereocenters. The molecule has 0 radical (unpaired) electrons. The zero-order chi connectivity index (χ0) is 19.2. The molecule has 0 spiro atoms. The quantitative estimate of drug-likeness (QED) is 0.697. The lowest BCUT2D eigenvalue weighted by Crippen LogP contribution is -2.26. The summed E-state index contributed by atoms with van der Waals surface area (Å²) in [4.78, 5) is 48.3. The van der Waals surface area contributed by atoms with Gasteiger partial charge < -0.3 is 25.1 Å². The molecule has 2 aliphatic rings. The van der Waals surface area contributed by atoms with E-state index in [1.165, 1.54) is 14.0 Å². The fraction of sp³-hybridized carbons (Fsp3) is 0.375. The molecule has 9 nitrogen and oxygen atoms in total. The van der Waals surface area contributed by atoms with Crippen LogP contribution in [-0.4, -0.2) is 35.2 Å². The second-order valence-electron chi connectivity index (χ2n) is 5.84. The van der Waals surface area contributed by atoms with Crippen molar-refractivity contribution < 1.29 is 28.7 Å². The molecule has 1 aliphatic heterocycles. The van der Waals surface area contributed by atoms with Gasteiger partial charge in [-0.2, -0.15) is 0 Å². The number of nitrogens with one attached hydrogen (secondary N) is 1. The maximum absolute atomic E-state index is 12.7. The molecule has 10 heteroatoms. The average molecular weight is 426 g/mol. The summed E-state index contributed by atoms with van der Waals surface area (Å²) in [6.45, 7) is 1.40. The zero-order valence-corrected chi connectivity index (χ0v) is 15.6. The van der Waals surface area contributed by atoms with E-state index < -0.39 is 29.7 Å². The van der Waals surface area contributed by atoms with Gasteiger partial charge >= 0.3 is 12.1 Å². The number of esters is 1. The molecule has 0 bridgehead atoms. The highest BCUT2D eigenvalue weighted by Crippen LogP contribution is 2.42. The molecular formula is C16H16BrN3O6. The molecule has 3 N–H and O–H groups in total. The number of carbonyl (C=O) groups is 4. The van der Waals surface area contributed by atoms with Crippen LogP contribution >= 0.6 is 15.9 Å². The minimum atomic E-state index is -0.694. The van der Waals surface area contributed by atoms with Gasteiger partial charge in [-0.25, -0.2) is 4.79 Å². The topological polar surface area (TPSA) is 130 Å². The molecule has 1 aliphatic carbocycles. The Kier molecular flexibility index (Phi) is 4.61. The van der Waals surface area contributed by atoms with Gasteiger partial charge in [0.25, 0.3) is 0 Å². The average Bonchev–Trinajstić information content (AvgIpc) is 3.14. The molecule has 3 rings (SSSR count). The van der Waals surface area contributed by atoms with E-state index >= 15 is 0 Å². The predicted octanol–water partition coefficient (Wildman–Crippen LogP) is 1.30. The molecule has 1 unspecified atom stereocenters. The number of ketones is 2. The Morgan fingerprint density at radius 3 is 2.65 bits per heavy atom. The summed E-state index contributed by atoms with van der Waals surface area (Å²) in [5.41, 5.74) is 6.61. The van der Waals surface area contributed by atoms with Crippen LogP contribution in [0.4, 0.5) is 4.79 Å². The SMILES string of the molecule is CNC(=O)OCc1c2c(n3c1C(OC(C)=O)CC3)C(=O)C(Br)=C(N)C2=O. The van der Waals surface area contributed by atoms with Gasteiger partial charge in [-0.15, -0.1) is 0 Å². The number of rotatable bonds is 3. The summed E-state index contributed by atoms with van der Waals surface area (Å²) in [6, 6.07) is 0. The lowest BCUT2D eigenvalue weighted by molar-refractivity contribution is -0.146. The van der Waals surface area contributed by atoms with Gasteiger partial charge in [0.1, 0.15) is 18.4 Å². The van der Waals surface area contributed by atoms with Crippen molar-refractivity contribution >= 4 is 39.6 Å². The second-order valence-corrected chi connectivity index (χ2v) is 6.63. The largest absolute Gasteiger partial charge is 0.456 e. The van der Waals surface area contributed by atoms with Crippen LogP contribution in [0.25, 0.3) is 0 Å². The summed E-state index contributed by atoms with van der Waals surface area (Å²) in [6.07, 6.45) is -0.880. The number of allylic oxidation sites excluding steroid dienone is 2. The number of amides is 1. The molecule has 0 fully saturated rings. The van der Waals surface area contributed by atoms with Crippen molar-refractivity contribution in [3.8, 4) is 0 Å². The van der Waals surface area contributed by atoms with Crippen LogP contribution < -0.4 is 11.1 Å². The van der Waals surface area contributed by atoms with Crippen molar-refractivity contribution in [2.45, 2.75) is 32.6 Å². The predicted molar refractivity (Wildman–Crippen MR) is 91.6 cm³/mol. The number of halogens is 1. The van der Waals surface area contributed by atoms with Crippen LogP contribution in [0.2, 0.25) is 0 Å². The molecule has 1 amide bonds. The van der Waals surface area contributed by atoms with Crippen molar-refractivity contribution in [1.29, 1.82) is 0 Å². The van der Waals surface area contributed by atoms with Gasteiger partial charge in [0.15, 0.2) is 0 Å². The molecule has 26 heavy (non-hydrogen) atoms. The van der Waals surface area contributed by atoms with Crippen LogP contribution in [0.15, 0.2) is 10.2 Å². The Bertz CT molecular complexity index is 885. The first kappa shape index (κ1) is 18.2. The van der Waals surface area contributed by atoms with Crippen LogP contribution in [0.5, 0.6) is 0 Å². The maximum Gasteiger partial charge on any atom is 0.407 e. The number of hydrogen-bond donors (Lipinski definition) is 2. The fourth-order valence-corrected chi connectivity index (χ4v) is 3.65. The van der Waals surface area contributed by atoms with Gasteiger partial charge in [0.05, 0.1) is 21.4 Å². The minimum absolute atomic E-state index is 0.00925. The lowest BCUT2D eigenvalue weighted by Gasteiger charge is -2.16. The van der Waals surface area contributed by atoms with Crippen LogP contribution in [0.3, 0.4) is 0 Å². The highest BCUT2D eigenvalue weighted by Gasteiger charge is 2.42. The minimum Gasteiger partial charge on any atom is -0.456 e. The molecule has 1 aromatic heterocycles. The highest BCUT2D eigenvalue weighted by atomic mass is 79.9. The summed E-state index contributed by atoms with van der Waals surface area (Å²) in [7, 11) is 1.40. The van der Waals surface area contributed by atoms with Crippen LogP contribution in [0, 0.1) is 0 Å². The van der Waals surface area contributed by atoms with Crippen molar-refractivity contribution in [2.24, 2.45) is 5.73 Å². The number of Topliss-reactive ketones (excluding diaryl/α,β-unsaturated/α-hetero) is 2. The van der Waals surface area contributed by atoms with E-state index in [1.54, 1.807) is 4.57 Å². The molecule has 2 heterocycles. The molecule has 0 aromatic carbocycles. The fourth-order valence-electron chi connectivity index (χ4n) is 3.29. The lowest BCUT2D eigenvalue weighted by atomic mass is 9.94.